The summed E-state index contributed by atoms with van der Waals surface area (Å²) in [6.07, 6.45) is 1.83. The summed E-state index contributed by atoms with van der Waals surface area (Å²) in [5, 5.41) is 10.5. The van der Waals surface area contributed by atoms with Crippen LogP contribution < -0.4 is 20.7 Å². The van der Waals surface area contributed by atoms with Gasteiger partial charge in [-0.25, -0.2) is 0 Å². The van der Waals surface area contributed by atoms with Crippen molar-refractivity contribution in [3.05, 3.63) is 66.7 Å². The highest BCUT2D eigenvalue weighted by molar-refractivity contribution is 5.97. The normalized spacial score (nSPS) is 9.96. The molecule has 0 unspecified atom stereocenters. The van der Waals surface area contributed by atoms with Gasteiger partial charge in [-0.1, -0.05) is 18.2 Å². The van der Waals surface area contributed by atoms with Gasteiger partial charge in [0.2, 0.25) is 5.91 Å². The van der Waals surface area contributed by atoms with Crippen LogP contribution in [0.5, 0.6) is 5.75 Å². The molecular formula is C21H27ClN4O2. The number of nitrogens with two attached hydrogens (primary N) is 1. The third-order valence-corrected chi connectivity index (χ3v) is 3.72. The van der Waals surface area contributed by atoms with Crippen molar-refractivity contribution in [1.29, 1.82) is 5.41 Å². The Bertz CT molecular complexity index is 806. The van der Waals surface area contributed by atoms with Crippen LogP contribution in [-0.2, 0) is 4.79 Å². The van der Waals surface area contributed by atoms with Gasteiger partial charge in [0.15, 0.2) is 0 Å². The molecule has 0 bridgehead atoms. The van der Waals surface area contributed by atoms with Crippen molar-refractivity contribution in [2.24, 2.45) is 5.73 Å². The Labute approximate surface area is 172 Å². The highest BCUT2D eigenvalue weighted by atomic mass is 35.5. The number of anilines is 2. The molecule has 2 aromatic carbocycles. The van der Waals surface area contributed by atoms with Crippen LogP contribution in [0.3, 0.4) is 0 Å². The number of ether oxygens (including phenoxy) is 1. The molecule has 0 radical (unpaired) electrons. The molecule has 0 aliphatic rings. The summed E-state index contributed by atoms with van der Waals surface area (Å²) < 4.78 is 5.60. The number of amidine groups is 1. The van der Waals surface area contributed by atoms with Gasteiger partial charge in [-0.05, 0) is 50.2 Å². The first-order valence-electron chi connectivity index (χ1n) is 8.76. The average Bonchev–Trinajstić information content (AvgIpc) is 2.62. The molecule has 0 aliphatic heterocycles. The monoisotopic (exact) mass is 402 g/mol. The van der Waals surface area contributed by atoms with Gasteiger partial charge >= 0.3 is 0 Å². The summed E-state index contributed by atoms with van der Waals surface area (Å²) in [7, 11) is 0. The summed E-state index contributed by atoms with van der Waals surface area (Å²) in [4.78, 5) is 14.3. The van der Waals surface area contributed by atoms with Gasteiger partial charge in [-0.15, -0.1) is 19.0 Å². The molecular weight excluding hydrogens is 376 g/mol. The van der Waals surface area contributed by atoms with Crippen molar-refractivity contribution in [3.63, 3.8) is 0 Å². The predicted octanol–water partition coefficient (Wildman–Crippen LogP) is 3.81. The van der Waals surface area contributed by atoms with Crippen molar-refractivity contribution in [2.45, 2.75) is 20.0 Å². The standard InChI is InChI=1S/C21H26N4O2.ClH/c1-4-12-25(18-7-5-6-16(13-18)21(22)23)14-20(26)24-17-8-10-19(11-9-17)27-15(2)3;/h4-11,13,15H,1,12,14H2,2-3H3,(H3,22,23)(H,24,26);1H. The van der Waals surface area contributed by atoms with Crippen LogP contribution in [-0.4, -0.2) is 30.9 Å². The summed E-state index contributed by atoms with van der Waals surface area (Å²) in [6, 6.07) is 14.5. The lowest BCUT2D eigenvalue weighted by Crippen LogP contribution is -2.33. The number of carbonyl (C=O) groups is 1. The Morgan fingerprint density at radius 3 is 2.54 bits per heavy atom. The molecule has 150 valence electrons. The van der Waals surface area contributed by atoms with E-state index in [0.717, 1.165) is 11.4 Å². The first-order chi connectivity index (χ1) is 12.9. The van der Waals surface area contributed by atoms with Crippen molar-refractivity contribution in [3.8, 4) is 5.75 Å². The zero-order valence-corrected chi connectivity index (χ0v) is 17.0. The molecule has 1 amide bonds. The molecule has 0 atom stereocenters. The Balaban J connectivity index is 0.00000392. The maximum atomic E-state index is 12.5. The maximum Gasteiger partial charge on any atom is 0.243 e. The van der Waals surface area contributed by atoms with Gasteiger partial charge in [0.1, 0.15) is 11.6 Å². The molecule has 6 nitrogen and oxygen atoms in total. The summed E-state index contributed by atoms with van der Waals surface area (Å²) in [5.74, 6) is 0.600. The van der Waals surface area contributed by atoms with E-state index < -0.39 is 0 Å². The fourth-order valence-corrected chi connectivity index (χ4v) is 2.55. The number of nitrogens with zero attached hydrogens (tertiary/aromatic N) is 1. The van der Waals surface area contributed by atoms with Gasteiger partial charge < -0.3 is 20.7 Å². The van der Waals surface area contributed by atoms with Gasteiger partial charge in [0.25, 0.3) is 0 Å². The lowest BCUT2D eigenvalue weighted by Gasteiger charge is -2.23. The minimum absolute atomic E-state index is 0. The van der Waals surface area contributed by atoms with Crippen molar-refractivity contribution >= 4 is 35.5 Å². The third kappa shape index (κ3) is 6.96. The first kappa shape index (κ1) is 23.0. The van der Waals surface area contributed by atoms with E-state index in [1.165, 1.54) is 0 Å². The van der Waals surface area contributed by atoms with Crippen molar-refractivity contribution in [1.82, 2.24) is 0 Å². The Kier molecular flexibility index (Phi) is 9.05. The summed E-state index contributed by atoms with van der Waals surface area (Å²) in [6.45, 7) is 8.33. The number of hydrogen-bond donors (Lipinski definition) is 3. The van der Waals surface area contributed by atoms with Crippen LogP contribution in [0, 0.1) is 5.41 Å². The van der Waals surface area contributed by atoms with E-state index in [2.05, 4.69) is 11.9 Å². The highest BCUT2D eigenvalue weighted by Crippen LogP contribution is 2.18. The third-order valence-electron chi connectivity index (χ3n) is 3.72. The summed E-state index contributed by atoms with van der Waals surface area (Å²) in [5.41, 5.74) is 7.68. The highest BCUT2D eigenvalue weighted by Gasteiger charge is 2.12. The van der Waals surface area contributed by atoms with E-state index in [9.17, 15) is 4.79 Å². The lowest BCUT2D eigenvalue weighted by atomic mass is 10.1. The van der Waals surface area contributed by atoms with Crippen molar-refractivity contribution < 1.29 is 9.53 Å². The molecule has 0 saturated heterocycles. The Morgan fingerprint density at radius 2 is 1.96 bits per heavy atom. The van der Waals surface area contributed by atoms with Crippen LogP contribution in [0.4, 0.5) is 11.4 Å². The Morgan fingerprint density at radius 1 is 1.29 bits per heavy atom. The van der Waals surface area contributed by atoms with E-state index >= 15 is 0 Å². The van der Waals surface area contributed by atoms with Crippen LogP contribution >= 0.6 is 12.4 Å². The molecule has 0 fully saturated rings. The number of carbonyl (C=O) groups excluding carboxylic acids is 1. The molecule has 7 heteroatoms. The fraction of sp³-hybridized carbons (Fsp3) is 0.238. The lowest BCUT2D eigenvalue weighted by molar-refractivity contribution is -0.115. The fourth-order valence-electron chi connectivity index (χ4n) is 2.55. The number of hydrogen-bond acceptors (Lipinski definition) is 4. The molecule has 4 N–H and O–H groups in total. The van der Waals surface area contributed by atoms with E-state index in [-0.39, 0.29) is 36.8 Å². The number of amides is 1. The molecule has 2 aromatic rings. The first-order valence-corrected chi connectivity index (χ1v) is 8.76. The Hall–Kier alpha value is -2.99. The molecule has 0 aromatic heterocycles. The van der Waals surface area contributed by atoms with Gasteiger partial charge in [0, 0.05) is 23.5 Å². The number of rotatable bonds is 9. The van der Waals surface area contributed by atoms with E-state index in [1.54, 1.807) is 18.2 Å². The zero-order valence-electron chi connectivity index (χ0n) is 16.1. The van der Waals surface area contributed by atoms with Gasteiger partial charge in [-0.2, -0.15) is 0 Å². The van der Waals surface area contributed by atoms with Crippen LogP contribution in [0.1, 0.15) is 19.4 Å². The number of nitrogens with one attached hydrogen (secondary N) is 2. The minimum atomic E-state index is -0.150. The molecule has 0 spiro atoms. The van der Waals surface area contributed by atoms with Gasteiger partial charge in [0.05, 0.1) is 12.6 Å². The topological polar surface area (TPSA) is 91.4 Å². The average molecular weight is 403 g/mol. The number of nitrogen functional groups attached to an aromatic ring is 1. The molecule has 0 heterocycles. The second kappa shape index (κ2) is 11.0. The minimum Gasteiger partial charge on any atom is -0.491 e. The molecule has 0 aliphatic carbocycles. The quantitative estimate of drug-likeness (QED) is 0.338. The second-order valence-corrected chi connectivity index (χ2v) is 6.37. The predicted molar refractivity (Wildman–Crippen MR) is 118 cm³/mol. The maximum absolute atomic E-state index is 12.5. The zero-order chi connectivity index (χ0) is 19.8. The van der Waals surface area contributed by atoms with Crippen LogP contribution in [0.15, 0.2) is 61.2 Å². The smallest absolute Gasteiger partial charge is 0.243 e. The number of benzene rings is 2. The summed E-state index contributed by atoms with van der Waals surface area (Å²) >= 11 is 0. The van der Waals surface area contributed by atoms with E-state index in [1.807, 2.05) is 55.1 Å². The number of halogens is 1. The van der Waals surface area contributed by atoms with Gasteiger partial charge in [-0.3, -0.25) is 10.2 Å². The molecule has 2 rings (SSSR count). The second-order valence-electron chi connectivity index (χ2n) is 6.37. The van der Waals surface area contributed by atoms with Crippen LogP contribution in [0.25, 0.3) is 0 Å². The molecule has 28 heavy (non-hydrogen) atoms. The molecule has 0 saturated carbocycles. The SMILES string of the molecule is C=CCN(CC(=O)Nc1ccc(OC(C)C)cc1)c1cccc(C(=N)N)c1.Cl. The van der Waals surface area contributed by atoms with Crippen LogP contribution in [0.2, 0.25) is 0 Å². The van der Waals surface area contributed by atoms with E-state index in [0.29, 0.717) is 17.8 Å². The largest absolute Gasteiger partial charge is 0.491 e. The van der Waals surface area contributed by atoms with E-state index in [4.69, 9.17) is 15.9 Å². The van der Waals surface area contributed by atoms with Crippen molar-refractivity contribution in [2.75, 3.05) is 23.3 Å².